The van der Waals surface area contributed by atoms with Crippen molar-refractivity contribution < 1.29 is 14.2 Å². The minimum atomic E-state index is 0. The van der Waals surface area contributed by atoms with Gasteiger partial charge in [-0.2, -0.15) is 0 Å². The Morgan fingerprint density at radius 2 is 1.61 bits per heavy atom. The SMILES string of the molecule is CN=C(NCc1cc(OC)c(OC)c(OC)c1)NCC(C)C.I. The van der Waals surface area contributed by atoms with Crippen LogP contribution in [0.4, 0.5) is 0 Å². The molecule has 0 spiro atoms. The van der Waals surface area contributed by atoms with Gasteiger partial charge in [0, 0.05) is 20.1 Å². The summed E-state index contributed by atoms with van der Waals surface area (Å²) in [4.78, 5) is 4.20. The maximum Gasteiger partial charge on any atom is 0.203 e. The van der Waals surface area contributed by atoms with E-state index in [4.69, 9.17) is 14.2 Å². The molecule has 0 atom stereocenters. The average Bonchev–Trinajstić information content (AvgIpc) is 2.53. The van der Waals surface area contributed by atoms with Gasteiger partial charge < -0.3 is 24.8 Å². The number of benzene rings is 1. The Morgan fingerprint density at radius 3 is 2.00 bits per heavy atom. The van der Waals surface area contributed by atoms with E-state index >= 15 is 0 Å². The molecule has 0 aliphatic heterocycles. The number of ether oxygens (including phenoxy) is 3. The Bertz CT molecular complexity index is 482. The molecule has 0 radical (unpaired) electrons. The summed E-state index contributed by atoms with van der Waals surface area (Å²) in [7, 11) is 6.57. The molecule has 23 heavy (non-hydrogen) atoms. The predicted octanol–water partition coefficient (Wildman–Crippen LogP) is 2.65. The first kappa shape index (κ1) is 21.6. The number of guanidine groups is 1. The summed E-state index contributed by atoms with van der Waals surface area (Å²) in [6, 6.07) is 3.84. The first-order valence-electron chi connectivity index (χ1n) is 7.29. The minimum absolute atomic E-state index is 0. The third-order valence-corrected chi connectivity index (χ3v) is 3.09. The molecule has 0 saturated carbocycles. The molecule has 0 aromatic heterocycles. The highest BCUT2D eigenvalue weighted by Crippen LogP contribution is 2.38. The molecule has 0 amide bonds. The zero-order chi connectivity index (χ0) is 16.5. The highest BCUT2D eigenvalue weighted by atomic mass is 127. The molecule has 0 fully saturated rings. The Kier molecular flexibility index (Phi) is 10.5. The maximum atomic E-state index is 5.35. The fourth-order valence-corrected chi connectivity index (χ4v) is 1.94. The van der Waals surface area contributed by atoms with Crippen molar-refractivity contribution in [2.75, 3.05) is 34.9 Å². The molecule has 1 aromatic carbocycles. The number of halogens is 1. The minimum Gasteiger partial charge on any atom is -0.493 e. The van der Waals surface area contributed by atoms with Crippen molar-refractivity contribution in [3.8, 4) is 17.2 Å². The zero-order valence-corrected chi connectivity index (χ0v) is 17.1. The van der Waals surface area contributed by atoms with E-state index in [0.29, 0.717) is 29.7 Å². The van der Waals surface area contributed by atoms with E-state index in [0.717, 1.165) is 18.1 Å². The van der Waals surface area contributed by atoms with E-state index in [2.05, 4.69) is 29.5 Å². The van der Waals surface area contributed by atoms with Crippen LogP contribution in [0.3, 0.4) is 0 Å². The van der Waals surface area contributed by atoms with Gasteiger partial charge in [-0.3, -0.25) is 4.99 Å². The topological polar surface area (TPSA) is 64.1 Å². The molecule has 0 unspecified atom stereocenters. The zero-order valence-electron chi connectivity index (χ0n) is 14.7. The molecular formula is C16H28IN3O3. The Labute approximate surface area is 156 Å². The summed E-state index contributed by atoms with van der Waals surface area (Å²) in [5, 5.41) is 6.54. The smallest absolute Gasteiger partial charge is 0.203 e. The van der Waals surface area contributed by atoms with E-state index in [1.807, 2.05) is 12.1 Å². The van der Waals surface area contributed by atoms with E-state index < -0.39 is 0 Å². The standard InChI is InChI=1S/C16H27N3O3.HI/c1-11(2)9-18-16(17-3)19-10-12-7-13(20-4)15(22-6)14(8-12)21-5;/h7-8,11H,9-10H2,1-6H3,(H2,17,18,19);1H. The molecule has 0 aliphatic carbocycles. The number of hydrogen-bond donors (Lipinski definition) is 2. The Morgan fingerprint density at radius 1 is 1.04 bits per heavy atom. The molecule has 0 saturated heterocycles. The van der Waals surface area contributed by atoms with Gasteiger partial charge in [0.25, 0.3) is 0 Å². The van der Waals surface area contributed by atoms with Gasteiger partial charge in [-0.1, -0.05) is 13.8 Å². The molecule has 0 bridgehead atoms. The third kappa shape index (κ3) is 6.72. The number of nitrogens with one attached hydrogen (secondary N) is 2. The van der Waals surface area contributed by atoms with Gasteiger partial charge in [-0.05, 0) is 23.6 Å². The lowest BCUT2D eigenvalue weighted by Crippen LogP contribution is -2.38. The van der Waals surface area contributed by atoms with E-state index in [-0.39, 0.29) is 24.0 Å². The van der Waals surface area contributed by atoms with Crippen LogP contribution in [0.5, 0.6) is 17.2 Å². The van der Waals surface area contributed by atoms with Crippen LogP contribution < -0.4 is 24.8 Å². The molecule has 1 aromatic rings. The summed E-state index contributed by atoms with van der Waals surface area (Å²) < 4.78 is 16.0. The summed E-state index contributed by atoms with van der Waals surface area (Å²) in [6.07, 6.45) is 0. The molecule has 7 heteroatoms. The summed E-state index contributed by atoms with van der Waals surface area (Å²) >= 11 is 0. The fraction of sp³-hybridized carbons (Fsp3) is 0.562. The Balaban J connectivity index is 0.00000484. The lowest BCUT2D eigenvalue weighted by Gasteiger charge is -2.16. The second kappa shape index (κ2) is 11.2. The van der Waals surface area contributed by atoms with Gasteiger partial charge in [-0.15, -0.1) is 24.0 Å². The quantitative estimate of drug-likeness (QED) is 0.390. The lowest BCUT2D eigenvalue weighted by atomic mass is 10.2. The monoisotopic (exact) mass is 437 g/mol. The number of aliphatic imine (C=N–C) groups is 1. The molecule has 132 valence electrons. The summed E-state index contributed by atoms with van der Waals surface area (Å²) in [6.45, 7) is 5.78. The fourth-order valence-electron chi connectivity index (χ4n) is 1.94. The van der Waals surface area contributed by atoms with Crippen molar-refractivity contribution in [1.29, 1.82) is 0 Å². The van der Waals surface area contributed by atoms with Crippen LogP contribution in [-0.2, 0) is 6.54 Å². The first-order chi connectivity index (χ1) is 10.5. The van der Waals surface area contributed by atoms with E-state index in [1.54, 1.807) is 28.4 Å². The van der Waals surface area contributed by atoms with Crippen molar-refractivity contribution in [2.24, 2.45) is 10.9 Å². The van der Waals surface area contributed by atoms with Crippen LogP contribution in [0.15, 0.2) is 17.1 Å². The van der Waals surface area contributed by atoms with Gasteiger partial charge in [0.1, 0.15) is 0 Å². The van der Waals surface area contributed by atoms with Crippen LogP contribution >= 0.6 is 24.0 Å². The lowest BCUT2D eigenvalue weighted by molar-refractivity contribution is 0.323. The second-order valence-electron chi connectivity index (χ2n) is 5.23. The van der Waals surface area contributed by atoms with Crippen molar-refractivity contribution in [1.82, 2.24) is 10.6 Å². The molecule has 2 N–H and O–H groups in total. The largest absolute Gasteiger partial charge is 0.493 e. The highest BCUT2D eigenvalue weighted by molar-refractivity contribution is 14.0. The van der Waals surface area contributed by atoms with E-state index in [1.165, 1.54) is 0 Å². The van der Waals surface area contributed by atoms with Crippen LogP contribution in [-0.4, -0.2) is 40.9 Å². The summed E-state index contributed by atoms with van der Waals surface area (Å²) in [5.41, 5.74) is 1.02. The van der Waals surface area contributed by atoms with E-state index in [9.17, 15) is 0 Å². The molecule has 0 aliphatic rings. The number of methoxy groups -OCH3 is 3. The number of hydrogen-bond acceptors (Lipinski definition) is 4. The van der Waals surface area contributed by atoms with Crippen molar-refractivity contribution in [3.63, 3.8) is 0 Å². The average molecular weight is 437 g/mol. The van der Waals surface area contributed by atoms with Gasteiger partial charge in [-0.25, -0.2) is 0 Å². The normalized spacial score (nSPS) is 10.8. The van der Waals surface area contributed by atoms with Gasteiger partial charge in [0.15, 0.2) is 17.5 Å². The highest BCUT2D eigenvalue weighted by Gasteiger charge is 2.13. The number of nitrogens with zero attached hydrogens (tertiary/aromatic N) is 1. The predicted molar refractivity (Wildman–Crippen MR) is 105 cm³/mol. The maximum absolute atomic E-state index is 5.35. The van der Waals surface area contributed by atoms with Crippen LogP contribution in [0.2, 0.25) is 0 Å². The van der Waals surface area contributed by atoms with Crippen molar-refractivity contribution in [3.05, 3.63) is 17.7 Å². The first-order valence-corrected chi connectivity index (χ1v) is 7.29. The van der Waals surface area contributed by atoms with Gasteiger partial charge >= 0.3 is 0 Å². The van der Waals surface area contributed by atoms with Crippen LogP contribution in [0.25, 0.3) is 0 Å². The van der Waals surface area contributed by atoms with Crippen molar-refractivity contribution in [2.45, 2.75) is 20.4 Å². The van der Waals surface area contributed by atoms with Gasteiger partial charge in [0.2, 0.25) is 5.75 Å². The molecule has 1 rings (SSSR count). The molecule has 0 heterocycles. The second-order valence-corrected chi connectivity index (χ2v) is 5.23. The third-order valence-electron chi connectivity index (χ3n) is 3.09. The Hall–Kier alpha value is -1.38. The summed E-state index contributed by atoms with van der Waals surface area (Å²) in [5.74, 6) is 3.20. The molecule has 6 nitrogen and oxygen atoms in total. The van der Waals surface area contributed by atoms with Crippen molar-refractivity contribution >= 4 is 29.9 Å². The van der Waals surface area contributed by atoms with Crippen LogP contribution in [0, 0.1) is 5.92 Å². The number of rotatable bonds is 7. The van der Waals surface area contributed by atoms with Crippen LogP contribution in [0.1, 0.15) is 19.4 Å². The van der Waals surface area contributed by atoms with Gasteiger partial charge in [0.05, 0.1) is 21.3 Å². The molecular weight excluding hydrogens is 409 g/mol.